The predicted octanol–water partition coefficient (Wildman–Crippen LogP) is 2.29. The van der Waals surface area contributed by atoms with Crippen molar-refractivity contribution < 1.29 is 44.0 Å². The van der Waals surface area contributed by atoms with E-state index >= 15 is 0 Å². The standard InChI is InChI=1S/C31H31FN2O8/c1-13(35)4-5-15-10-18(14-6-8-17(32)9-7-14)19-11-16-12-20-24(34(2)3)27(38)23(30(33)41)29(40)31(20,42)28(39)21(16)26(37)22(19)25(15)36/h6-10,16,20,24,36-37,40,42H,4-5,11-12H2,1-3H3,(H2,33,41)/t16-,20-,24-,31-/m0/s1. The van der Waals surface area contributed by atoms with E-state index in [9.17, 15) is 44.0 Å². The zero-order valence-electron chi connectivity index (χ0n) is 23.3. The van der Waals surface area contributed by atoms with E-state index in [1.54, 1.807) is 6.07 Å². The first-order valence-electron chi connectivity index (χ1n) is 13.5. The predicted molar refractivity (Wildman–Crippen MR) is 149 cm³/mol. The van der Waals surface area contributed by atoms with Crippen LogP contribution >= 0.6 is 0 Å². The van der Waals surface area contributed by atoms with Crippen molar-refractivity contribution in [2.75, 3.05) is 14.1 Å². The molecule has 0 saturated heterocycles. The molecular formula is C31H31FN2O8. The van der Waals surface area contributed by atoms with Crippen molar-refractivity contribution in [3.8, 4) is 16.9 Å². The maximum absolute atomic E-state index is 14.1. The number of likely N-dealkylation sites (N-methyl/N-ethyl adjacent to an activating group) is 1. The SMILES string of the molecule is CC(=O)CCc1cc(-c2ccc(F)cc2)c2c(c1O)C(O)=C1C(=O)[C@]3(O)C(O)=C(C(N)=O)C(=O)[C@@H](N(C)C)[C@@H]3C[C@@H]1C2. The monoisotopic (exact) mass is 578 g/mol. The summed E-state index contributed by atoms with van der Waals surface area (Å²) in [5.41, 5.74) is 3.26. The van der Waals surface area contributed by atoms with Gasteiger partial charge in [-0.2, -0.15) is 0 Å². The third kappa shape index (κ3) is 4.23. The number of ketones is 3. The molecule has 10 nitrogen and oxygen atoms in total. The molecular weight excluding hydrogens is 547 g/mol. The molecule has 2 aromatic carbocycles. The van der Waals surface area contributed by atoms with E-state index in [0.29, 0.717) is 22.3 Å². The number of aryl methyl sites for hydroxylation is 1. The summed E-state index contributed by atoms with van der Waals surface area (Å²) >= 11 is 0. The number of phenolic OH excluding ortho intramolecular Hbond substituents is 1. The van der Waals surface area contributed by atoms with E-state index < -0.39 is 63.9 Å². The molecule has 0 heterocycles. The van der Waals surface area contributed by atoms with Gasteiger partial charge in [-0.15, -0.1) is 0 Å². The van der Waals surface area contributed by atoms with Crippen LogP contribution in [0.4, 0.5) is 4.39 Å². The fraction of sp³-hybridized carbons (Fsp3) is 0.355. The summed E-state index contributed by atoms with van der Waals surface area (Å²) in [6.07, 6.45) is 0.236. The molecule has 5 rings (SSSR count). The number of carbonyl (C=O) groups excluding carboxylic acids is 4. The minimum absolute atomic E-state index is 0.0541. The van der Waals surface area contributed by atoms with Crippen molar-refractivity contribution in [3.05, 3.63) is 69.7 Å². The van der Waals surface area contributed by atoms with Crippen molar-refractivity contribution in [1.29, 1.82) is 0 Å². The van der Waals surface area contributed by atoms with Gasteiger partial charge in [-0.1, -0.05) is 12.1 Å². The number of nitrogens with two attached hydrogens (primary N) is 1. The number of nitrogens with zero attached hydrogens (tertiary/aromatic N) is 1. The number of aromatic hydroxyl groups is 1. The molecule has 1 saturated carbocycles. The highest BCUT2D eigenvalue weighted by molar-refractivity contribution is 6.24. The fourth-order valence-corrected chi connectivity index (χ4v) is 6.76. The summed E-state index contributed by atoms with van der Waals surface area (Å²) in [4.78, 5) is 52.7. The van der Waals surface area contributed by atoms with Gasteiger partial charge in [0.15, 0.2) is 11.4 Å². The van der Waals surface area contributed by atoms with Gasteiger partial charge in [0.05, 0.1) is 11.6 Å². The highest BCUT2D eigenvalue weighted by Crippen LogP contribution is 2.54. The molecule has 0 aliphatic heterocycles. The Bertz CT molecular complexity index is 1620. The molecule has 0 unspecified atom stereocenters. The van der Waals surface area contributed by atoms with Crippen molar-refractivity contribution in [3.63, 3.8) is 0 Å². The Morgan fingerprint density at radius 2 is 1.76 bits per heavy atom. The van der Waals surface area contributed by atoms with Crippen LogP contribution in [-0.4, -0.2) is 74.3 Å². The second-order valence-electron chi connectivity index (χ2n) is 11.5. The Morgan fingerprint density at radius 1 is 1.12 bits per heavy atom. The van der Waals surface area contributed by atoms with Gasteiger partial charge in [0.25, 0.3) is 5.91 Å². The quantitative estimate of drug-likeness (QED) is 0.322. The van der Waals surface area contributed by atoms with Gasteiger partial charge >= 0.3 is 0 Å². The van der Waals surface area contributed by atoms with Crippen LogP contribution in [-0.2, 0) is 32.0 Å². The normalized spacial score (nSPS) is 25.3. The number of Topliss-reactive ketones (excluding diaryl/α,β-unsaturated/α-hetero) is 3. The summed E-state index contributed by atoms with van der Waals surface area (Å²) in [7, 11) is 3.06. The third-order valence-corrected chi connectivity index (χ3v) is 8.70. The molecule has 0 spiro atoms. The maximum atomic E-state index is 14.1. The minimum Gasteiger partial charge on any atom is -0.508 e. The lowest BCUT2D eigenvalue weighted by molar-refractivity contribution is -0.153. The Labute approximate surface area is 240 Å². The first-order chi connectivity index (χ1) is 19.7. The Balaban J connectivity index is 1.76. The smallest absolute Gasteiger partial charge is 0.255 e. The number of aliphatic hydroxyl groups is 3. The van der Waals surface area contributed by atoms with Crippen molar-refractivity contribution in [2.45, 2.75) is 44.2 Å². The average Bonchev–Trinajstić information content (AvgIpc) is 2.90. The number of phenols is 1. The first kappa shape index (κ1) is 29.2. The van der Waals surface area contributed by atoms with Crippen LogP contribution in [0.3, 0.4) is 0 Å². The molecule has 1 fully saturated rings. The highest BCUT2D eigenvalue weighted by Gasteiger charge is 2.64. The van der Waals surface area contributed by atoms with Crippen LogP contribution in [0.5, 0.6) is 5.75 Å². The molecule has 0 radical (unpaired) electrons. The van der Waals surface area contributed by atoms with Gasteiger partial charge in [-0.3, -0.25) is 19.3 Å². The summed E-state index contributed by atoms with van der Waals surface area (Å²) in [5.74, 6) is -7.96. The number of rotatable bonds is 6. The highest BCUT2D eigenvalue weighted by atomic mass is 19.1. The van der Waals surface area contributed by atoms with Gasteiger partial charge in [0.2, 0.25) is 5.78 Å². The lowest BCUT2D eigenvalue weighted by Crippen LogP contribution is -2.65. The van der Waals surface area contributed by atoms with Crippen molar-refractivity contribution in [1.82, 2.24) is 4.90 Å². The summed E-state index contributed by atoms with van der Waals surface area (Å²) in [6, 6.07) is 6.07. The zero-order valence-corrected chi connectivity index (χ0v) is 23.3. The number of aliphatic hydroxyl groups excluding tert-OH is 2. The van der Waals surface area contributed by atoms with Gasteiger partial charge < -0.3 is 31.0 Å². The average molecular weight is 579 g/mol. The number of hydrogen-bond donors (Lipinski definition) is 5. The molecule has 3 aliphatic carbocycles. The topological polar surface area (TPSA) is 178 Å². The molecule has 2 aromatic rings. The second kappa shape index (κ2) is 10.2. The van der Waals surface area contributed by atoms with E-state index in [1.165, 1.54) is 50.2 Å². The molecule has 1 amide bonds. The fourth-order valence-electron chi connectivity index (χ4n) is 6.76. The zero-order chi connectivity index (χ0) is 30.8. The van der Waals surface area contributed by atoms with Crippen molar-refractivity contribution >= 4 is 29.0 Å². The van der Waals surface area contributed by atoms with Gasteiger partial charge in [0.1, 0.15) is 34.4 Å². The first-order valence-corrected chi connectivity index (χ1v) is 13.5. The number of amides is 1. The summed E-state index contributed by atoms with van der Waals surface area (Å²) in [5, 5.41) is 45.7. The van der Waals surface area contributed by atoms with Gasteiger partial charge in [-0.25, -0.2) is 4.39 Å². The van der Waals surface area contributed by atoms with Crippen LogP contribution in [0.15, 0.2) is 47.2 Å². The number of halogens is 1. The van der Waals surface area contributed by atoms with Crippen LogP contribution in [0.25, 0.3) is 16.9 Å². The number of carbonyl (C=O) groups is 4. The number of fused-ring (bicyclic) bond motifs is 3. The van der Waals surface area contributed by atoms with Crippen LogP contribution in [0.1, 0.15) is 36.5 Å². The summed E-state index contributed by atoms with van der Waals surface area (Å²) in [6.45, 7) is 1.40. The second-order valence-corrected chi connectivity index (χ2v) is 11.5. The molecule has 3 aliphatic rings. The molecule has 0 aromatic heterocycles. The van der Waals surface area contributed by atoms with Gasteiger partial charge in [0, 0.05) is 17.9 Å². The number of primary amides is 1. The number of benzene rings is 2. The lowest BCUT2D eigenvalue weighted by atomic mass is 9.57. The third-order valence-electron chi connectivity index (χ3n) is 8.70. The largest absolute Gasteiger partial charge is 0.508 e. The molecule has 42 heavy (non-hydrogen) atoms. The summed E-state index contributed by atoms with van der Waals surface area (Å²) < 4.78 is 13.8. The van der Waals surface area contributed by atoms with E-state index in [1.807, 2.05) is 0 Å². The molecule has 0 bridgehead atoms. The minimum atomic E-state index is -2.74. The Morgan fingerprint density at radius 3 is 2.33 bits per heavy atom. The molecule has 11 heteroatoms. The van der Waals surface area contributed by atoms with Gasteiger partial charge in [-0.05, 0) is 86.7 Å². The molecule has 220 valence electrons. The van der Waals surface area contributed by atoms with Crippen LogP contribution < -0.4 is 5.73 Å². The molecule has 4 atom stereocenters. The van der Waals surface area contributed by atoms with Crippen LogP contribution in [0, 0.1) is 17.7 Å². The van der Waals surface area contributed by atoms with Crippen LogP contribution in [0.2, 0.25) is 0 Å². The van der Waals surface area contributed by atoms with Crippen molar-refractivity contribution in [2.24, 2.45) is 17.6 Å². The Kier molecular flexibility index (Phi) is 7.06. The Hall–Kier alpha value is -4.35. The van der Waals surface area contributed by atoms with E-state index in [4.69, 9.17) is 5.73 Å². The maximum Gasteiger partial charge on any atom is 0.255 e. The molecule has 6 N–H and O–H groups in total. The lowest BCUT2D eigenvalue weighted by Gasteiger charge is -2.50. The van der Waals surface area contributed by atoms with E-state index in [0.717, 1.165) is 0 Å². The number of hydrogen-bond acceptors (Lipinski definition) is 9. The van der Waals surface area contributed by atoms with E-state index in [2.05, 4.69) is 0 Å². The van der Waals surface area contributed by atoms with E-state index in [-0.39, 0.29) is 48.4 Å².